The summed E-state index contributed by atoms with van der Waals surface area (Å²) in [5.74, 6) is 0.594. The van der Waals surface area contributed by atoms with Gasteiger partial charge in [0.15, 0.2) is 0 Å². The molecule has 7 nitrogen and oxygen atoms in total. The molecule has 0 amide bonds. The number of sulfonamides is 1. The molecular weight excluding hydrogens is 426 g/mol. The van der Waals surface area contributed by atoms with Crippen molar-refractivity contribution in [2.24, 2.45) is 5.92 Å². The van der Waals surface area contributed by atoms with E-state index in [1.807, 2.05) is 18.2 Å². The predicted molar refractivity (Wildman–Crippen MR) is 121 cm³/mol. The third-order valence-electron chi connectivity index (χ3n) is 6.27. The Labute approximate surface area is 189 Å². The highest BCUT2D eigenvalue weighted by molar-refractivity contribution is 7.89. The highest BCUT2D eigenvalue weighted by Crippen LogP contribution is 2.27. The summed E-state index contributed by atoms with van der Waals surface area (Å²) < 4.78 is 31.6. The van der Waals surface area contributed by atoms with Gasteiger partial charge in [0.2, 0.25) is 10.0 Å². The zero-order valence-electron chi connectivity index (χ0n) is 18.1. The van der Waals surface area contributed by atoms with E-state index < -0.39 is 10.0 Å². The second-order valence-electron chi connectivity index (χ2n) is 8.55. The number of rotatable bonds is 8. The third-order valence-corrected chi connectivity index (χ3v) is 8.12. The van der Waals surface area contributed by atoms with Crippen LogP contribution in [0.25, 0.3) is 0 Å². The molecule has 0 saturated carbocycles. The van der Waals surface area contributed by atoms with E-state index in [0.29, 0.717) is 43.9 Å². The van der Waals surface area contributed by atoms with E-state index in [4.69, 9.17) is 9.84 Å². The third kappa shape index (κ3) is 5.30. The molecule has 2 aromatic carbocycles. The Morgan fingerprint density at radius 2 is 1.78 bits per heavy atom. The van der Waals surface area contributed by atoms with Gasteiger partial charge in [0.1, 0.15) is 11.8 Å². The number of hydrogen-bond acceptors (Lipinski definition) is 6. The number of aliphatic hydroxyl groups is 1. The molecule has 0 aliphatic carbocycles. The van der Waals surface area contributed by atoms with Crippen LogP contribution in [0.1, 0.15) is 35.1 Å². The van der Waals surface area contributed by atoms with Crippen molar-refractivity contribution < 1.29 is 18.3 Å². The van der Waals surface area contributed by atoms with Crippen LogP contribution < -0.4 is 4.74 Å². The average Bonchev–Trinajstić information content (AvgIpc) is 3.20. The number of fused-ring (bicyclic) bond motifs is 1. The summed E-state index contributed by atoms with van der Waals surface area (Å²) in [6.07, 6.45) is 1.42. The first-order valence-electron chi connectivity index (χ1n) is 11.0. The number of aliphatic hydroxyl groups excluding tert-OH is 1. The number of nitrogens with zero attached hydrogens (tertiary/aromatic N) is 3. The van der Waals surface area contributed by atoms with Crippen LogP contribution in [0.5, 0.6) is 5.75 Å². The van der Waals surface area contributed by atoms with Crippen LogP contribution in [-0.4, -0.2) is 54.8 Å². The molecule has 2 aliphatic heterocycles. The van der Waals surface area contributed by atoms with Gasteiger partial charge in [-0.25, -0.2) is 12.7 Å². The normalized spacial score (nSPS) is 17.8. The highest BCUT2D eigenvalue weighted by atomic mass is 32.2. The van der Waals surface area contributed by atoms with Crippen LogP contribution in [0.3, 0.4) is 0 Å². The topological polar surface area (TPSA) is 93.9 Å². The number of ether oxygens (including phenoxy) is 1. The van der Waals surface area contributed by atoms with Crippen molar-refractivity contribution in [3.05, 3.63) is 64.7 Å². The van der Waals surface area contributed by atoms with Gasteiger partial charge < -0.3 is 9.84 Å². The Morgan fingerprint density at radius 1 is 1.09 bits per heavy atom. The second kappa shape index (κ2) is 10.0. The van der Waals surface area contributed by atoms with Crippen LogP contribution in [0.15, 0.2) is 42.5 Å². The minimum absolute atomic E-state index is 0.227. The predicted octanol–water partition coefficient (Wildman–Crippen LogP) is 2.49. The van der Waals surface area contributed by atoms with Crippen molar-refractivity contribution in [1.82, 2.24) is 9.21 Å². The van der Waals surface area contributed by atoms with Crippen molar-refractivity contribution >= 4 is 10.0 Å². The molecule has 0 atom stereocenters. The van der Waals surface area contributed by atoms with Gasteiger partial charge in [-0.05, 0) is 47.6 Å². The Kier molecular flexibility index (Phi) is 7.11. The van der Waals surface area contributed by atoms with Crippen molar-refractivity contribution in [3.8, 4) is 11.8 Å². The minimum atomic E-state index is -3.37. The van der Waals surface area contributed by atoms with Crippen molar-refractivity contribution in [1.29, 1.82) is 5.26 Å². The van der Waals surface area contributed by atoms with Crippen molar-refractivity contribution in [2.75, 3.05) is 32.1 Å². The molecule has 2 aliphatic rings. The Morgan fingerprint density at radius 3 is 2.41 bits per heavy atom. The quantitative estimate of drug-likeness (QED) is 0.657. The van der Waals surface area contributed by atoms with Crippen molar-refractivity contribution in [2.45, 2.75) is 32.5 Å². The summed E-state index contributed by atoms with van der Waals surface area (Å²) in [6.45, 7) is 3.61. The lowest BCUT2D eigenvalue weighted by Gasteiger charge is -2.31. The van der Waals surface area contributed by atoms with E-state index >= 15 is 0 Å². The van der Waals surface area contributed by atoms with Crippen LogP contribution in [0.4, 0.5) is 0 Å². The first kappa shape index (κ1) is 22.7. The minimum Gasteiger partial charge on any atom is -0.492 e. The summed E-state index contributed by atoms with van der Waals surface area (Å²) in [6, 6.07) is 16.5. The molecule has 0 unspecified atom stereocenters. The van der Waals surface area contributed by atoms with Gasteiger partial charge in [-0.1, -0.05) is 30.3 Å². The van der Waals surface area contributed by atoms with Crippen LogP contribution >= 0.6 is 0 Å². The maximum Gasteiger partial charge on any atom is 0.216 e. The van der Waals surface area contributed by atoms with Crippen molar-refractivity contribution in [3.63, 3.8) is 0 Å². The SMILES string of the molecule is N#Cc1cc(CN2Cc3ccccc3C2)ccc1OCC1CCN(S(=O)(=O)CCO)CC1. The molecule has 8 heteroatoms. The monoisotopic (exact) mass is 455 g/mol. The lowest BCUT2D eigenvalue weighted by molar-refractivity contribution is 0.184. The molecule has 1 saturated heterocycles. The zero-order valence-corrected chi connectivity index (χ0v) is 18.9. The molecule has 0 radical (unpaired) electrons. The van der Waals surface area contributed by atoms with Gasteiger partial charge in [0.25, 0.3) is 0 Å². The number of hydrogen-bond donors (Lipinski definition) is 1. The number of nitriles is 1. The fraction of sp³-hybridized carbons (Fsp3) is 0.458. The van der Waals surface area contributed by atoms with E-state index in [1.54, 1.807) is 0 Å². The first-order chi connectivity index (χ1) is 15.5. The van der Waals surface area contributed by atoms with E-state index in [-0.39, 0.29) is 18.3 Å². The highest BCUT2D eigenvalue weighted by Gasteiger charge is 2.28. The molecule has 2 heterocycles. The summed E-state index contributed by atoms with van der Waals surface area (Å²) in [5.41, 5.74) is 4.35. The van der Waals surface area contributed by atoms with Crippen LogP contribution in [-0.2, 0) is 29.7 Å². The van der Waals surface area contributed by atoms with Gasteiger partial charge in [0, 0.05) is 32.7 Å². The molecule has 170 valence electrons. The Hall–Kier alpha value is -2.44. The van der Waals surface area contributed by atoms with E-state index in [9.17, 15) is 13.7 Å². The lowest BCUT2D eigenvalue weighted by atomic mass is 9.99. The van der Waals surface area contributed by atoms with Gasteiger partial charge in [-0.2, -0.15) is 5.26 Å². The van der Waals surface area contributed by atoms with Gasteiger partial charge in [-0.3, -0.25) is 4.90 Å². The van der Waals surface area contributed by atoms with Crippen LogP contribution in [0, 0.1) is 17.2 Å². The fourth-order valence-corrected chi connectivity index (χ4v) is 5.72. The molecule has 32 heavy (non-hydrogen) atoms. The Bertz CT molecular complexity index is 1060. The van der Waals surface area contributed by atoms with Gasteiger partial charge in [0.05, 0.1) is 24.5 Å². The van der Waals surface area contributed by atoms with E-state index in [0.717, 1.165) is 25.2 Å². The molecule has 1 fully saturated rings. The van der Waals surface area contributed by atoms with Crippen LogP contribution in [0.2, 0.25) is 0 Å². The average molecular weight is 456 g/mol. The van der Waals surface area contributed by atoms with Gasteiger partial charge in [-0.15, -0.1) is 0 Å². The maximum absolute atomic E-state index is 12.1. The summed E-state index contributed by atoms with van der Waals surface area (Å²) >= 11 is 0. The van der Waals surface area contributed by atoms with E-state index in [2.05, 4.69) is 35.2 Å². The lowest BCUT2D eigenvalue weighted by Crippen LogP contribution is -2.41. The zero-order chi connectivity index (χ0) is 22.6. The Balaban J connectivity index is 1.30. The summed E-state index contributed by atoms with van der Waals surface area (Å²) in [4.78, 5) is 2.36. The molecule has 1 N–H and O–H groups in total. The molecular formula is C24H29N3O4S. The number of piperidine rings is 1. The standard InChI is InChI=1S/C24H29N3O4S/c25-14-23-13-20(15-26-16-21-3-1-2-4-22(21)17-26)5-6-24(23)31-18-19-7-9-27(10-8-19)32(29,30)12-11-28/h1-6,13,19,28H,7-12,15-18H2. The van der Waals surface area contributed by atoms with Gasteiger partial charge >= 0.3 is 0 Å². The molecule has 4 rings (SSSR count). The smallest absolute Gasteiger partial charge is 0.216 e. The molecule has 0 spiro atoms. The fourth-order valence-electron chi connectivity index (χ4n) is 4.47. The number of benzene rings is 2. The first-order valence-corrected chi connectivity index (χ1v) is 12.6. The maximum atomic E-state index is 12.1. The molecule has 0 bridgehead atoms. The second-order valence-corrected chi connectivity index (χ2v) is 10.6. The summed E-state index contributed by atoms with van der Waals surface area (Å²) in [5, 5.41) is 18.5. The molecule has 0 aromatic heterocycles. The summed E-state index contributed by atoms with van der Waals surface area (Å²) in [7, 11) is -3.37. The molecule has 2 aromatic rings. The largest absolute Gasteiger partial charge is 0.492 e. The van der Waals surface area contributed by atoms with E-state index in [1.165, 1.54) is 15.4 Å².